The van der Waals surface area contributed by atoms with Crippen molar-refractivity contribution in [2.24, 2.45) is 10.9 Å². The number of benzene rings is 1. The van der Waals surface area contributed by atoms with E-state index in [-0.39, 0.29) is 5.54 Å². The average Bonchev–Trinajstić information content (AvgIpc) is 3.00. The number of nitrogens with one attached hydrogen (secondary N) is 1. The molecule has 2 atom stereocenters. The molecule has 0 aliphatic carbocycles. The third-order valence-corrected chi connectivity index (χ3v) is 5.12. The number of nitrogens with zero attached hydrogens (tertiary/aromatic N) is 1. The van der Waals surface area contributed by atoms with Crippen LogP contribution in [0.15, 0.2) is 21.5 Å². The summed E-state index contributed by atoms with van der Waals surface area (Å²) in [5, 5.41) is 15.9. The van der Waals surface area contributed by atoms with Crippen molar-refractivity contribution < 1.29 is 14.3 Å². The van der Waals surface area contributed by atoms with Gasteiger partial charge < -0.3 is 19.6 Å². The molecule has 0 fully saturated rings. The van der Waals surface area contributed by atoms with Crippen molar-refractivity contribution in [3.05, 3.63) is 28.5 Å². The molecule has 0 amide bonds. The summed E-state index contributed by atoms with van der Waals surface area (Å²) in [6.45, 7) is 7.59. The molecule has 5 nitrogen and oxygen atoms in total. The van der Waals surface area contributed by atoms with Crippen molar-refractivity contribution >= 4 is 34.2 Å². The summed E-state index contributed by atoms with van der Waals surface area (Å²) in [7, 11) is 0. The number of aliphatic hydroxyl groups excluding tert-OH is 1. The summed E-state index contributed by atoms with van der Waals surface area (Å²) >= 11 is 6.38. The highest BCUT2D eigenvalue weighted by molar-refractivity contribution is 6.35. The topological polar surface area (TPSA) is 67.0 Å². The van der Waals surface area contributed by atoms with Crippen LogP contribution in [0, 0.1) is 5.92 Å². The van der Waals surface area contributed by atoms with E-state index < -0.39 is 6.10 Å². The van der Waals surface area contributed by atoms with E-state index in [0.29, 0.717) is 35.6 Å². The Balaban J connectivity index is 1.75. The van der Waals surface area contributed by atoms with Crippen LogP contribution in [-0.2, 0) is 11.2 Å². The Bertz CT molecular complexity index is 856. The van der Waals surface area contributed by atoms with Crippen LogP contribution in [0.25, 0.3) is 11.0 Å². The molecule has 4 rings (SSSR count). The second-order valence-electron chi connectivity index (χ2n) is 7.76. The summed E-state index contributed by atoms with van der Waals surface area (Å²) in [5.41, 5.74) is 2.46. The van der Waals surface area contributed by atoms with Gasteiger partial charge in [-0.15, -0.1) is 0 Å². The molecule has 3 heterocycles. The highest BCUT2D eigenvalue weighted by atomic mass is 35.5. The Kier molecular flexibility index (Phi) is 3.96. The molecule has 2 unspecified atom stereocenters. The molecule has 25 heavy (non-hydrogen) atoms. The van der Waals surface area contributed by atoms with Crippen molar-refractivity contribution in [1.29, 1.82) is 0 Å². The molecule has 2 N–H and O–H groups in total. The maximum atomic E-state index is 10.8. The van der Waals surface area contributed by atoms with Gasteiger partial charge in [-0.1, -0.05) is 18.5 Å². The minimum Gasteiger partial charge on any atom is -0.478 e. The second-order valence-corrected chi connectivity index (χ2v) is 8.16. The maximum Gasteiger partial charge on any atom is 0.187 e. The molecule has 134 valence electrons. The number of aliphatic hydroxyl groups is 1. The molecular weight excluding hydrogens is 340 g/mol. The fourth-order valence-electron chi connectivity index (χ4n) is 3.61. The minimum absolute atomic E-state index is 0.228. The van der Waals surface area contributed by atoms with E-state index in [1.54, 1.807) is 0 Å². The lowest BCUT2D eigenvalue weighted by atomic mass is 9.97. The van der Waals surface area contributed by atoms with E-state index >= 15 is 0 Å². The number of aliphatic imine (C=N–C) groups is 1. The van der Waals surface area contributed by atoms with Crippen molar-refractivity contribution in [1.82, 2.24) is 0 Å². The van der Waals surface area contributed by atoms with Gasteiger partial charge in [0.25, 0.3) is 0 Å². The van der Waals surface area contributed by atoms with Crippen LogP contribution in [0.5, 0.6) is 0 Å². The number of halogens is 1. The molecule has 2 aliphatic rings. The number of hydrogen-bond donors (Lipinski definition) is 2. The Morgan fingerprint density at radius 1 is 1.44 bits per heavy atom. The van der Waals surface area contributed by atoms with Crippen LogP contribution in [0.1, 0.15) is 44.6 Å². The lowest BCUT2D eigenvalue weighted by molar-refractivity contribution is 0.149. The van der Waals surface area contributed by atoms with E-state index in [4.69, 9.17) is 20.8 Å². The van der Waals surface area contributed by atoms with Crippen LogP contribution >= 0.6 is 11.6 Å². The fraction of sp³-hybridized carbons (Fsp3) is 0.526. The molecule has 1 aromatic heterocycles. The highest BCUT2D eigenvalue weighted by Crippen LogP contribution is 2.42. The van der Waals surface area contributed by atoms with Gasteiger partial charge in [0.15, 0.2) is 5.90 Å². The molecule has 0 radical (unpaired) electrons. The maximum absolute atomic E-state index is 10.8. The van der Waals surface area contributed by atoms with Gasteiger partial charge in [0.2, 0.25) is 0 Å². The molecule has 0 spiro atoms. The SMILES string of the molecule is CC1CNc2c(Cl)ccc3oc(C(O)CC4=NC(C)(C)CO4)c(c23)C1. The number of hydrogen-bond acceptors (Lipinski definition) is 5. The van der Waals surface area contributed by atoms with E-state index in [0.717, 1.165) is 35.2 Å². The predicted molar refractivity (Wildman–Crippen MR) is 99.6 cm³/mol. The lowest BCUT2D eigenvalue weighted by Crippen LogP contribution is -2.17. The van der Waals surface area contributed by atoms with Gasteiger partial charge in [-0.3, -0.25) is 0 Å². The van der Waals surface area contributed by atoms with Gasteiger partial charge in [0.05, 0.1) is 22.7 Å². The number of anilines is 1. The van der Waals surface area contributed by atoms with Crippen LogP contribution in [0.3, 0.4) is 0 Å². The Morgan fingerprint density at radius 3 is 2.96 bits per heavy atom. The quantitative estimate of drug-likeness (QED) is 0.853. The Labute approximate surface area is 152 Å². The number of furan rings is 1. The smallest absolute Gasteiger partial charge is 0.187 e. The first-order valence-corrected chi connectivity index (χ1v) is 9.09. The summed E-state index contributed by atoms with van der Waals surface area (Å²) in [6, 6.07) is 3.70. The van der Waals surface area contributed by atoms with Crippen molar-refractivity contribution in [3.63, 3.8) is 0 Å². The number of ether oxygens (including phenoxy) is 1. The molecule has 6 heteroatoms. The van der Waals surface area contributed by atoms with Gasteiger partial charge in [-0.05, 0) is 38.3 Å². The van der Waals surface area contributed by atoms with Gasteiger partial charge >= 0.3 is 0 Å². The van der Waals surface area contributed by atoms with Crippen molar-refractivity contribution in [2.75, 3.05) is 18.5 Å². The van der Waals surface area contributed by atoms with Crippen LogP contribution in [0.2, 0.25) is 5.02 Å². The van der Waals surface area contributed by atoms with E-state index in [1.165, 1.54) is 0 Å². The third kappa shape index (κ3) is 3.00. The highest BCUT2D eigenvalue weighted by Gasteiger charge is 2.31. The van der Waals surface area contributed by atoms with Gasteiger partial charge in [-0.25, -0.2) is 4.99 Å². The van der Waals surface area contributed by atoms with Crippen molar-refractivity contribution in [2.45, 2.75) is 45.3 Å². The minimum atomic E-state index is -0.785. The van der Waals surface area contributed by atoms with Crippen LogP contribution in [0.4, 0.5) is 5.69 Å². The normalized spacial score (nSPS) is 22.9. The van der Waals surface area contributed by atoms with Gasteiger partial charge in [0.1, 0.15) is 24.1 Å². The predicted octanol–water partition coefficient (Wildman–Crippen LogP) is 4.32. The monoisotopic (exact) mass is 362 g/mol. The Morgan fingerprint density at radius 2 is 2.24 bits per heavy atom. The molecular formula is C19H23ClN2O3. The first kappa shape index (κ1) is 16.7. The fourth-order valence-corrected chi connectivity index (χ4v) is 3.84. The van der Waals surface area contributed by atoms with Crippen molar-refractivity contribution in [3.8, 4) is 0 Å². The molecule has 0 saturated carbocycles. The van der Waals surface area contributed by atoms with Gasteiger partial charge in [-0.2, -0.15) is 0 Å². The molecule has 1 aromatic carbocycles. The Hall–Kier alpha value is -1.72. The van der Waals surface area contributed by atoms with Crippen LogP contribution < -0.4 is 5.32 Å². The summed E-state index contributed by atoms with van der Waals surface area (Å²) in [4.78, 5) is 4.53. The number of rotatable bonds is 3. The van der Waals surface area contributed by atoms with Gasteiger partial charge in [0, 0.05) is 17.5 Å². The largest absolute Gasteiger partial charge is 0.478 e. The average molecular weight is 363 g/mol. The molecule has 0 saturated heterocycles. The zero-order chi connectivity index (χ0) is 17.8. The molecule has 2 aromatic rings. The zero-order valence-corrected chi connectivity index (χ0v) is 15.5. The third-order valence-electron chi connectivity index (χ3n) is 4.81. The van der Waals surface area contributed by atoms with Crippen LogP contribution in [-0.4, -0.2) is 29.7 Å². The lowest BCUT2D eigenvalue weighted by Gasteiger charge is -2.12. The first-order chi connectivity index (χ1) is 11.8. The standard InChI is InChI=1S/C19H23ClN2O3/c1-10-6-11-16-14(5-4-12(20)17(16)21-8-10)25-18(11)13(23)7-15-22-19(2,3)9-24-15/h4-5,10,13,21,23H,6-9H2,1-3H3. The van der Waals surface area contributed by atoms with E-state index in [1.807, 2.05) is 26.0 Å². The zero-order valence-electron chi connectivity index (χ0n) is 14.7. The van der Waals surface area contributed by atoms with E-state index in [2.05, 4.69) is 17.2 Å². The van der Waals surface area contributed by atoms with E-state index in [9.17, 15) is 5.11 Å². The second kappa shape index (κ2) is 5.92. The molecule has 2 aliphatic heterocycles. The summed E-state index contributed by atoms with van der Waals surface area (Å²) in [5.74, 6) is 1.60. The summed E-state index contributed by atoms with van der Waals surface area (Å²) < 4.78 is 11.7. The molecule has 0 bridgehead atoms. The summed E-state index contributed by atoms with van der Waals surface area (Å²) in [6.07, 6.45) is 0.367. The first-order valence-electron chi connectivity index (χ1n) is 8.71.